The lowest BCUT2D eigenvalue weighted by Crippen LogP contribution is -1.67. The molecule has 11 heavy (non-hydrogen) atoms. The number of halogens is 2. The number of hydrogen-bond acceptors (Lipinski definition) is 2. The first-order chi connectivity index (χ1) is 5.24. The van der Waals surface area contributed by atoms with Crippen molar-refractivity contribution in [2.45, 2.75) is 0 Å². The number of aliphatic imine (C=N–C) groups is 1. The fourth-order valence-corrected chi connectivity index (χ4v) is 0.958. The van der Waals surface area contributed by atoms with Crippen LogP contribution in [-0.4, -0.2) is 6.01 Å². The topological polar surface area (TPSA) is 36.2 Å². The van der Waals surface area contributed by atoms with Crippen LogP contribution in [0.3, 0.4) is 0 Å². The summed E-state index contributed by atoms with van der Waals surface area (Å²) in [4.78, 5) is 3.57. The van der Waals surface area contributed by atoms with E-state index in [0.717, 1.165) is 0 Å². The van der Waals surface area contributed by atoms with Gasteiger partial charge in [0.25, 0.3) is 0 Å². The second kappa shape index (κ2) is 3.54. The van der Waals surface area contributed by atoms with E-state index in [1.165, 1.54) is 0 Å². The number of rotatable bonds is 1. The second-order valence-electron chi connectivity index (χ2n) is 1.82. The Morgan fingerprint density at radius 3 is 2.73 bits per heavy atom. The van der Waals surface area contributed by atoms with Crippen LogP contribution in [0.25, 0.3) is 0 Å². The molecule has 0 amide bonds. The molecule has 0 aliphatic heterocycles. The molecule has 1 rings (SSSR count). The zero-order valence-electron chi connectivity index (χ0n) is 5.44. The van der Waals surface area contributed by atoms with Crippen LogP contribution in [0.15, 0.2) is 23.2 Å². The number of nitrogens with zero attached hydrogens (tertiary/aromatic N) is 1. The van der Waals surface area contributed by atoms with Crippen molar-refractivity contribution in [2.75, 3.05) is 0 Å². The van der Waals surface area contributed by atoms with E-state index in [9.17, 15) is 0 Å². The first-order valence-corrected chi connectivity index (χ1v) is 3.57. The zero-order chi connectivity index (χ0) is 8.27. The molecule has 0 fully saturated rings. The standard InChI is InChI=1S/C7H4Cl2N2/c8-5-1-2-6(9)7(3-5)11-4-10/h1-3,10H. The van der Waals surface area contributed by atoms with Crippen LogP contribution in [0.1, 0.15) is 0 Å². The van der Waals surface area contributed by atoms with Crippen LogP contribution in [-0.2, 0) is 0 Å². The Kier molecular flexibility index (Phi) is 2.66. The predicted octanol–water partition coefficient (Wildman–Crippen LogP) is 3.38. The summed E-state index contributed by atoms with van der Waals surface area (Å²) in [5.74, 6) is 0. The third kappa shape index (κ3) is 2.05. The van der Waals surface area contributed by atoms with Crippen molar-refractivity contribution in [3.8, 4) is 0 Å². The molecule has 2 nitrogen and oxygen atoms in total. The van der Waals surface area contributed by atoms with Gasteiger partial charge in [-0.3, -0.25) is 0 Å². The summed E-state index contributed by atoms with van der Waals surface area (Å²) in [6.07, 6.45) is 0. The Morgan fingerprint density at radius 1 is 1.36 bits per heavy atom. The first-order valence-electron chi connectivity index (χ1n) is 2.81. The van der Waals surface area contributed by atoms with Gasteiger partial charge in [-0.1, -0.05) is 23.2 Å². The fourth-order valence-electron chi connectivity index (χ4n) is 0.632. The highest BCUT2D eigenvalue weighted by molar-refractivity contribution is 6.35. The third-order valence-corrected chi connectivity index (χ3v) is 1.64. The lowest BCUT2D eigenvalue weighted by molar-refractivity contribution is 1.48. The average Bonchev–Trinajstić information content (AvgIpc) is 1.98. The van der Waals surface area contributed by atoms with Gasteiger partial charge < -0.3 is 0 Å². The zero-order valence-corrected chi connectivity index (χ0v) is 6.95. The highest BCUT2D eigenvalue weighted by Gasteiger charge is 1.97. The lowest BCUT2D eigenvalue weighted by atomic mass is 10.3. The Bertz CT molecular complexity index is 316. The highest BCUT2D eigenvalue weighted by atomic mass is 35.5. The maximum Gasteiger partial charge on any atom is 0.0947 e. The molecule has 0 atom stereocenters. The summed E-state index contributed by atoms with van der Waals surface area (Å²) in [6, 6.07) is 6.74. The molecule has 0 radical (unpaired) electrons. The van der Waals surface area contributed by atoms with Gasteiger partial charge in [0.2, 0.25) is 0 Å². The van der Waals surface area contributed by atoms with Crippen molar-refractivity contribution >= 4 is 34.9 Å². The minimum Gasteiger partial charge on any atom is -0.241 e. The molecule has 56 valence electrons. The fraction of sp³-hybridized carbons (Fsp3) is 0. The summed E-state index contributed by atoms with van der Waals surface area (Å²) in [6.45, 7) is 0. The Hall–Kier alpha value is -0.820. The van der Waals surface area contributed by atoms with Crippen LogP contribution >= 0.6 is 23.2 Å². The monoisotopic (exact) mass is 186 g/mol. The molecule has 0 aromatic heterocycles. The van der Waals surface area contributed by atoms with Gasteiger partial charge in [0.05, 0.1) is 16.7 Å². The molecule has 0 heterocycles. The Morgan fingerprint density at radius 2 is 2.09 bits per heavy atom. The smallest absolute Gasteiger partial charge is 0.0947 e. The minimum absolute atomic E-state index is 0.467. The normalized spacial score (nSPS) is 8.91. The van der Waals surface area contributed by atoms with E-state index in [4.69, 9.17) is 28.6 Å². The van der Waals surface area contributed by atoms with Gasteiger partial charge in [-0.15, -0.1) is 0 Å². The molecule has 0 saturated heterocycles. The quantitative estimate of drug-likeness (QED) is 0.654. The maximum atomic E-state index is 6.59. The number of hydrogen-bond donors (Lipinski definition) is 1. The van der Waals surface area contributed by atoms with Crippen LogP contribution < -0.4 is 0 Å². The summed E-state index contributed by atoms with van der Waals surface area (Å²) < 4.78 is 0. The second-order valence-corrected chi connectivity index (χ2v) is 2.66. The van der Waals surface area contributed by atoms with E-state index >= 15 is 0 Å². The average molecular weight is 187 g/mol. The van der Waals surface area contributed by atoms with Crippen molar-refractivity contribution in [3.05, 3.63) is 28.2 Å². The van der Waals surface area contributed by atoms with Gasteiger partial charge >= 0.3 is 0 Å². The van der Waals surface area contributed by atoms with Crippen molar-refractivity contribution in [1.29, 1.82) is 5.41 Å². The van der Waals surface area contributed by atoms with Gasteiger partial charge in [0.15, 0.2) is 0 Å². The van der Waals surface area contributed by atoms with E-state index in [-0.39, 0.29) is 0 Å². The Balaban J connectivity index is 3.22. The number of nitrogens with one attached hydrogen (secondary N) is 1. The van der Waals surface area contributed by atoms with E-state index < -0.39 is 0 Å². The first kappa shape index (κ1) is 8.28. The van der Waals surface area contributed by atoms with Gasteiger partial charge in [0.1, 0.15) is 0 Å². The predicted molar refractivity (Wildman–Crippen MR) is 46.3 cm³/mol. The largest absolute Gasteiger partial charge is 0.241 e. The van der Waals surface area contributed by atoms with E-state index in [2.05, 4.69) is 4.99 Å². The third-order valence-electron chi connectivity index (χ3n) is 1.08. The molecule has 1 N–H and O–H groups in total. The molecule has 0 unspecified atom stereocenters. The van der Waals surface area contributed by atoms with Crippen molar-refractivity contribution < 1.29 is 0 Å². The van der Waals surface area contributed by atoms with E-state index in [1.54, 1.807) is 18.2 Å². The van der Waals surface area contributed by atoms with E-state index in [0.29, 0.717) is 15.7 Å². The summed E-state index contributed by atoms with van der Waals surface area (Å²) in [5.41, 5.74) is 0.467. The molecule has 0 aliphatic rings. The summed E-state index contributed by atoms with van der Waals surface area (Å²) in [7, 11) is 0. The molecule has 0 bridgehead atoms. The molecular weight excluding hydrogens is 183 g/mol. The molecule has 0 aliphatic carbocycles. The lowest BCUT2D eigenvalue weighted by Gasteiger charge is -1.94. The van der Waals surface area contributed by atoms with Crippen LogP contribution in [0.2, 0.25) is 10.0 Å². The highest BCUT2D eigenvalue weighted by Crippen LogP contribution is 2.27. The molecule has 4 heteroatoms. The van der Waals surface area contributed by atoms with Crippen LogP contribution in [0.5, 0.6) is 0 Å². The van der Waals surface area contributed by atoms with Gasteiger partial charge in [-0.2, -0.15) is 4.99 Å². The Labute approximate surface area is 74.0 Å². The molecule has 1 aromatic carbocycles. The van der Waals surface area contributed by atoms with Crippen LogP contribution in [0.4, 0.5) is 5.69 Å². The summed E-state index contributed by atoms with van der Waals surface area (Å²) >= 11 is 11.3. The van der Waals surface area contributed by atoms with Gasteiger partial charge in [-0.25, -0.2) is 5.41 Å². The van der Waals surface area contributed by atoms with Crippen LogP contribution in [0, 0.1) is 5.41 Å². The molecule has 0 saturated carbocycles. The number of benzene rings is 1. The SMILES string of the molecule is N=C=Nc1cc(Cl)ccc1Cl. The van der Waals surface area contributed by atoms with Crippen molar-refractivity contribution in [1.82, 2.24) is 0 Å². The van der Waals surface area contributed by atoms with Crippen molar-refractivity contribution in [2.24, 2.45) is 4.99 Å². The van der Waals surface area contributed by atoms with Gasteiger partial charge in [0, 0.05) is 5.02 Å². The van der Waals surface area contributed by atoms with E-state index in [1.807, 2.05) is 6.01 Å². The molecule has 0 spiro atoms. The molecule has 1 aromatic rings. The van der Waals surface area contributed by atoms with Crippen molar-refractivity contribution in [3.63, 3.8) is 0 Å². The van der Waals surface area contributed by atoms with Gasteiger partial charge in [-0.05, 0) is 18.2 Å². The summed E-state index contributed by atoms with van der Waals surface area (Å²) in [5, 5.41) is 7.60. The minimum atomic E-state index is 0.467. The molecular formula is C7H4Cl2N2. The maximum absolute atomic E-state index is 6.59.